The predicted octanol–water partition coefficient (Wildman–Crippen LogP) is 5.26. The normalized spacial score (nSPS) is 11.9. The van der Waals surface area contributed by atoms with Crippen LogP contribution in [0.25, 0.3) is 22.3 Å². The summed E-state index contributed by atoms with van der Waals surface area (Å²) in [5, 5.41) is 14.1. The lowest BCUT2D eigenvalue weighted by Crippen LogP contribution is -2.50. The predicted molar refractivity (Wildman–Crippen MR) is 156 cm³/mol. The first-order chi connectivity index (χ1) is 19.4. The van der Waals surface area contributed by atoms with E-state index in [1.807, 2.05) is 73.8 Å². The van der Waals surface area contributed by atoms with Gasteiger partial charge in [-0.3, -0.25) is 9.59 Å². The smallest absolute Gasteiger partial charge is 0.247 e. The third-order valence-electron chi connectivity index (χ3n) is 6.55. The summed E-state index contributed by atoms with van der Waals surface area (Å²) in [6.07, 6.45) is 0. The summed E-state index contributed by atoms with van der Waals surface area (Å²) in [6, 6.07) is 23.7. The zero-order valence-electron chi connectivity index (χ0n) is 22.5. The summed E-state index contributed by atoms with van der Waals surface area (Å²) in [7, 11) is 1.59. The van der Waals surface area contributed by atoms with Crippen molar-refractivity contribution in [3.05, 3.63) is 89.3 Å². The van der Waals surface area contributed by atoms with Crippen LogP contribution < -0.4 is 10.1 Å². The molecule has 0 aliphatic carbocycles. The number of nitrogens with zero attached hydrogens (tertiary/aromatic N) is 5. The minimum atomic E-state index is -0.756. The molecule has 2 aromatic heterocycles. The molecule has 0 bridgehead atoms. The summed E-state index contributed by atoms with van der Waals surface area (Å²) in [5.74, 6) is -0.0241. The van der Waals surface area contributed by atoms with Gasteiger partial charge >= 0.3 is 0 Å². The van der Waals surface area contributed by atoms with Crippen LogP contribution >= 0.6 is 11.3 Å². The highest BCUT2D eigenvalue weighted by Crippen LogP contribution is 2.25. The number of hydrogen-bond acceptors (Lipinski definition) is 7. The molecule has 9 nitrogen and oxygen atoms in total. The molecule has 0 saturated heterocycles. The molecule has 204 valence electrons. The van der Waals surface area contributed by atoms with Crippen molar-refractivity contribution >= 4 is 39.9 Å². The quantitative estimate of drug-likeness (QED) is 0.253. The number of amides is 2. The maximum atomic E-state index is 13.9. The number of para-hydroxylation sites is 1. The molecule has 0 aliphatic rings. The zero-order chi connectivity index (χ0) is 28.1. The van der Waals surface area contributed by atoms with E-state index < -0.39 is 6.04 Å². The molecule has 0 aliphatic heterocycles. The summed E-state index contributed by atoms with van der Waals surface area (Å²) >= 11 is 1.46. The van der Waals surface area contributed by atoms with Crippen LogP contribution in [0.5, 0.6) is 5.75 Å². The number of carbonyl (C=O) groups excluding carboxylic acids is 2. The van der Waals surface area contributed by atoms with E-state index in [1.54, 1.807) is 41.0 Å². The van der Waals surface area contributed by atoms with Crippen LogP contribution in [0.3, 0.4) is 0 Å². The van der Waals surface area contributed by atoms with Crippen LogP contribution in [0.15, 0.2) is 84.2 Å². The first-order valence-corrected chi connectivity index (χ1v) is 13.8. The molecular formula is C30H30N6O3S. The van der Waals surface area contributed by atoms with Gasteiger partial charge in [0.2, 0.25) is 11.8 Å². The maximum Gasteiger partial charge on any atom is 0.247 e. The lowest BCUT2D eigenvalue weighted by molar-refractivity contribution is -0.141. The number of fused-ring (bicyclic) bond motifs is 1. The number of thiazole rings is 1. The van der Waals surface area contributed by atoms with Crippen molar-refractivity contribution in [2.75, 3.05) is 12.4 Å². The van der Waals surface area contributed by atoms with Gasteiger partial charge in [-0.05, 0) is 42.3 Å². The second-order valence-corrected chi connectivity index (χ2v) is 10.6. The van der Waals surface area contributed by atoms with Gasteiger partial charge in [0.1, 0.15) is 28.9 Å². The first-order valence-electron chi connectivity index (χ1n) is 13.0. The molecule has 10 heteroatoms. The van der Waals surface area contributed by atoms with Crippen molar-refractivity contribution in [1.29, 1.82) is 0 Å². The molecule has 1 atom stereocenters. The van der Waals surface area contributed by atoms with Gasteiger partial charge in [0, 0.05) is 16.6 Å². The number of anilines is 1. The van der Waals surface area contributed by atoms with Crippen LogP contribution in [0.1, 0.15) is 18.9 Å². The van der Waals surface area contributed by atoms with Crippen molar-refractivity contribution in [2.45, 2.75) is 33.0 Å². The van der Waals surface area contributed by atoms with E-state index in [2.05, 4.69) is 15.6 Å². The third kappa shape index (κ3) is 6.02. The van der Waals surface area contributed by atoms with Gasteiger partial charge in [-0.2, -0.15) is 0 Å². The number of methoxy groups -OCH3 is 1. The molecule has 3 aromatic carbocycles. The summed E-state index contributed by atoms with van der Waals surface area (Å²) in [6.45, 7) is 3.99. The SMILES string of the molecule is COc1ccc(NC(=O)C(C(C)C)N(Cc2nc(-c3ccccc3)cs2)C(=O)Cn2nnc3ccccc32)cc1. The van der Waals surface area contributed by atoms with Crippen molar-refractivity contribution < 1.29 is 14.3 Å². The van der Waals surface area contributed by atoms with E-state index in [0.717, 1.165) is 21.8 Å². The Kier molecular flexibility index (Phi) is 8.16. The largest absolute Gasteiger partial charge is 0.497 e. The van der Waals surface area contributed by atoms with Gasteiger partial charge in [-0.15, -0.1) is 16.4 Å². The summed E-state index contributed by atoms with van der Waals surface area (Å²) in [5.41, 5.74) is 3.90. The van der Waals surface area contributed by atoms with Gasteiger partial charge in [0.25, 0.3) is 0 Å². The van der Waals surface area contributed by atoms with Crippen molar-refractivity contribution in [3.63, 3.8) is 0 Å². The molecular weight excluding hydrogens is 524 g/mol. The molecule has 0 saturated carbocycles. The molecule has 1 unspecified atom stereocenters. The van der Waals surface area contributed by atoms with Gasteiger partial charge in [0.15, 0.2) is 0 Å². The fraction of sp³-hybridized carbons (Fsp3) is 0.233. The van der Waals surface area contributed by atoms with E-state index in [1.165, 1.54) is 11.3 Å². The first kappa shape index (κ1) is 27.0. The Balaban J connectivity index is 1.45. The maximum absolute atomic E-state index is 13.9. The highest BCUT2D eigenvalue weighted by molar-refractivity contribution is 7.09. The van der Waals surface area contributed by atoms with Crippen LogP contribution in [0.2, 0.25) is 0 Å². The Morgan fingerprint density at radius 2 is 1.73 bits per heavy atom. The van der Waals surface area contributed by atoms with Gasteiger partial charge in [0.05, 0.1) is 24.9 Å². The van der Waals surface area contributed by atoms with Crippen LogP contribution in [0.4, 0.5) is 5.69 Å². The van der Waals surface area contributed by atoms with E-state index in [-0.39, 0.29) is 30.8 Å². The Morgan fingerprint density at radius 3 is 2.45 bits per heavy atom. The standard InChI is InChI=1S/C30H30N6O3S/c1-20(2)29(30(38)31-22-13-15-23(39-3)16-14-22)35(17-27-32-25(19-40-27)21-9-5-4-6-10-21)28(37)18-36-26-12-8-7-11-24(26)33-34-36/h4-16,19-20,29H,17-18H2,1-3H3,(H,31,38). The highest BCUT2D eigenvalue weighted by atomic mass is 32.1. The van der Waals surface area contributed by atoms with Crippen LogP contribution in [0, 0.1) is 5.92 Å². The summed E-state index contributed by atoms with van der Waals surface area (Å²) < 4.78 is 6.80. The topological polar surface area (TPSA) is 102 Å². The molecule has 0 fully saturated rings. The minimum absolute atomic E-state index is 0.0591. The monoisotopic (exact) mass is 554 g/mol. The van der Waals surface area contributed by atoms with E-state index in [9.17, 15) is 9.59 Å². The zero-order valence-corrected chi connectivity index (χ0v) is 23.3. The number of ether oxygens (including phenoxy) is 1. The van der Waals surface area contributed by atoms with E-state index >= 15 is 0 Å². The average Bonchev–Trinajstić information content (AvgIpc) is 3.61. The molecule has 0 radical (unpaired) electrons. The molecule has 5 aromatic rings. The fourth-order valence-electron chi connectivity index (χ4n) is 4.56. The summed E-state index contributed by atoms with van der Waals surface area (Å²) in [4.78, 5) is 34.0. The third-order valence-corrected chi connectivity index (χ3v) is 7.38. The van der Waals surface area contributed by atoms with Crippen molar-refractivity contribution in [3.8, 4) is 17.0 Å². The molecule has 1 N–H and O–H groups in total. The number of aromatic nitrogens is 4. The van der Waals surface area contributed by atoms with E-state index in [0.29, 0.717) is 17.0 Å². The van der Waals surface area contributed by atoms with Gasteiger partial charge in [-0.25, -0.2) is 9.67 Å². The fourth-order valence-corrected chi connectivity index (χ4v) is 5.36. The number of hydrogen-bond donors (Lipinski definition) is 1. The van der Waals surface area contributed by atoms with Crippen molar-refractivity contribution in [1.82, 2.24) is 24.9 Å². The Hall–Kier alpha value is -4.57. The molecule has 2 heterocycles. The molecule has 5 rings (SSSR count). The molecule has 2 amide bonds. The van der Waals surface area contributed by atoms with Gasteiger partial charge in [-0.1, -0.05) is 61.5 Å². The number of nitrogens with one attached hydrogen (secondary N) is 1. The number of benzene rings is 3. The van der Waals surface area contributed by atoms with Crippen molar-refractivity contribution in [2.24, 2.45) is 5.92 Å². The minimum Gasteiger partial charge on any atom is -0.497 e. The Bertz CT molecular complexity index is 1600. The molecule has 0 spiro atoms. The lowest BCUT2D eigenvalue weighted by atomic mass is 10.0. The highest BCUT2D eigenvalue weighted by Gasteiger charge is 2.34. The van der Waals surface area contributed by atoms with Crippen LogP contribution in [-0.2, 0) is 22.7 Å². The lowest BCUT2D eigenvalue weighted by Gasteiger charge is -2.33. The Labute approximate surface area is 236 Å². The number of carbonyl (C=O) groups is 2. The van der Waals surface area contributed by atoms with E-state index in [4.69, 9.17) is 9.72 Å². The van der Waals surface area contributed by atoms with Gasteiger partial charge < -0.3 is 15.0 Å². The second kappa shape index (κ2) is 12.1. The second-order valence-electron chi connectivity index (χ2n) is 9.66. The average molecular weight is 555 g/mol. The Morgan fingerprint density at radius 1 is 1.00 bits per heavy atom. The molecule has 40 heavy (non-hydrogen) atoms. The number of rotatable bonds is 10. The van der Waals surface area contributed by atoms with Crippen LogP contribution in [-0.4, -0.2) is 49.8 Å².